The zero-order valence-electron chi connectivity index (χ0n) is 10.5. The van der Waals surface area contributed by atoms with Gasteiger partial charge in [0.05, 0.1) is 0 Å². The van der Waals surface area contributed by atoms with Crippen molar-refractivity contribution in [1.29, 1.82) is 5.41 Å². The predicted molar refractivity (Wildman–Crippen MR) is 76.7 cm³/mol. The van der Waals surface area contributed by atoms with E-state index < -0.39 is 0 Å². The van der Waals surface area contributed by atoms with E-state index in [1.54, 1.807) is 13.3 Å². The molecule has 0 aliphatic rings. The first kappa shape index (κ1) is 16.8. The number of halogens is 1. The van der Waals surface area contributed by atoms with Gasteiger partial charge in [-0.1, -0.05) is 0 Å². The highest BCUT2D eigenvalue weighted by molar-refractivity contribution is 14.1. The highest BCUT2D eigenvalue weighted by Gasteiger charge is 2.21. The van der Waals surface area contributed by atoms with Crippen LogP contribution in [0.25, 0.3) is 0 Å². The summed E-state index contributed by atoms with van der Waals surface area (Å²) in [4.78, 5) is 0. The monoisotopic (exact) mass is 356 g/mol. The molecule has 0 rings (SSSR count). The summed E-state index contributed by atoms with van der Waals surface area (Å²) in [5.41, 5.74) is 0. The first-order valence-corrected chi connectivity index (χ1v) is 6.62. The molecule has 0 fully saturated rings. The van der Waals surface area contributed by atoms with Gasteiger partial charge < -0.3 is 24.9 Å². The third kappa shape index (κ3) is 7.69. The first-order valence-electron chi connectivity index (χ1n) is 5.55. The lowest BCUT2D eigenvalue weighted by Crippen LogP contribution is -2.40. The molecule has 5 nitrogen and oxygen atoms in total. The van der Waals surface area contributed by atoms with Crippen molar-refractivity contribution in [2.75, 3.05) is 26.9 Å². The number of ether oxygens (including phenoxy) is 3. The average Bonchev–Trinajstić information content (AvgIpc) is 2.34. The second-order valence-electron chi connectivity index (χ2n) is 3.14. The smallest absolute Gasteiger partial charge is 0.185 e. The largest absolute Gasteiger partial charge is 0.387 e. The number of allylic oxidation sites excluding steroid dienone is 1. The summed E-state index contributed by atoms with van der Waals surface area (Å²) in [7, 11) is 1.63. The maximum Gasteiger partial charge on any atom is 0.185 e. The van der Waals surface area contributed by atoms with Gasteiger partial charge in [-0.3, -0.25) is 0 Å². The molecule has 0 aliphatic carbocycles. The fourth-order valence-corrected chi connectivity index (χ4v) is 1.42. The van der Waals surface area contributed by atoms with E-state index in [4.69, 9.17) is 19.6 Å². The Kier molecular flexibility index (Phi) is 10.8. The normalized spacial score (nSPS) is 13.8. The van der Waals surface area contributed by atoms with Crippen molar-refractivity contribution in [3.63, 3.8) is 0 Å². The molecule has 6 heteroatoms. The molecule has 0 saturated carbocycles. The molecular weight excluding hydrogens is 335 g/mol. The van der Waals surface area contributed by atoms with E-state index in [0.717, 1.165) is 3.58 Å². The van der Waals surface area contributed by atoms with E-state index in [-0.39, 0.29) is 12.4 Å². The van der Waals surface area contributed by atoms with Crippen molar-refractivity contribution < 1.29 is 14.2 Å². The molecule has 0 heterocycles. The SMILES string of the molecule is CCOC(OCC)C(CN/C=C(/I)C=N)OC. The maximum absolute atomic E-state index is 7.03. The molecule has 17 heavy (non-hydrogen) atoms. The van der Waals surface area contributed by atoms with Crippen LogP contribution in [0.5, 0.6) is 0 Å². The van der Waals surface area contributed by atoms with Gasteiger partial charge >= 0.3 is 0 Å². The van der Waals surface area contributed by atoms with Gasteiger partial charge in [0.15, 0.2) is 6.29 Å². The molecule has 0 spiro atoms. The lowest BCUT2D eigenvalue weighted by atomic mass is 10.3. The molecule has 0 aromatic heterocycles. The highest BCUT2D eigenvalue weighted by Crippen LogP contribution is 2.06. The van der Waals surface area contributed by atoms with E-state index in [0.29, 0.717) is 19.8 Å². The standard InChI is InChI=1S/C11H21IN2O3/c1-4-16-11(17-5-2)10(15-3)8-14-7-9(12)6-13/h6-7,10-11,13-14H,4-5,8H2,1-3H3/b9-7+,13-6?. The lowest BCUT2D eigenvalue weighted by Gasteiger charge is -2.25. The van der Waals surface area contributed by atoms with Crippen LogP contribution in [-0.4, -0.2) is 45.5 Å². The zero-order valence-corrected chi connectivity index (χ0v) is 12.7. The summed E-state index contributed by atoms with van der Waals surface area (Å²) >= 11 is 2.07. The second-order valence-corrected chi connectivity index (χ2v) is 4.38. The van der Waals surface area contributed by atoms with Crippen LogP contribution in [0.4, 0.5) is 0 Å². The van der Waals surface area contributed by atoms with Crippen LogP contribution in [0, 0.1) is 5.41 Å². The molecule has 0 bridgehead atoms. The molecule has 0 aromatic carbocycles. The van der Waals surface area contributed by atoms with Crippen LogP contribution in [0.15, 0.2) is 9.78 Å². The summed E-state index contributed by atoms with van der Waals surface area (Å²) in [6, 6.07) is 0. The fourth-order valence-electron chi connectivity index (χ4n) is 1.20. The third-order valence-electron chi connectivity index (χ3n) is 1.97. The second kappa shape index (κ2) is 10.9. The zero-order chi connectivity index (χ0) is 13.1. The van der Waals surface area contributed by atoms with Crippen molar-refractivity contribution in [2.45, 2.75) is 26.2 Å². The Morgan fingerprint density at radius 2 is 1.94 bits per heavy atom. The van der Waals surface area contributed by atoms with E-state index >= 15 is 0 Å². The molecule has 0 aliphatic heterocycles. The van der Waals surface area contributed by atoms with Crippen molar-refractivity contribution in [3.8, 4) is 0 Å². The van der Waals surface area contributed by atoms with Gasteiger partial charge in [0.25, 0.3) is 0 Å². The van der Waals surface area contributed by atoms with Crippen LogP contribution in [0.2, 0.25) is 0 Å². The minimum absolute atomic E-state index is 0.180. The van der Waals surface area contributed by atoms with Gasteiger partial charge in [0.2, 0.25) is 0 Å². The fraction of sp³-hybridized carbons (Fsp3) is 0.727. The number of methoxy groups -OCH3 is 1. The number of hydrogen-bond acceptors (Lipinski definition) is 5. The molecule has 100 valence electrons. The third-order valence-corrected chi connectivity index (χ3v) is 2.59. The molecule has 2 N–H and O–H groups in total. The molecule has 1 unspecified atom stereocenters. The van der Waals surface area contributed by atoms with Crippen molar-refractivity contribution in [1.82, 2.24) is 5.32 Å². The van der Waals surface area contributed by atoms with E-state index in [1.807, 2.05) is 13.8 Å². The van der Waals surface area contributed by atoms with Crippen molar-refractivity contribution in [3.05, 3.63) is 9.78 Å². The first-order chi connectivity index (χ1) is 8.19. The average molecular weight is 356 g/mol. The minimum Gasteiger partial charge on any atom is -0.387 e. The Balaban J connectivity index is 4.21. The number of hydrogen-bond donors (Lipinski definition) is 2. The van der Waals surface area contributed by atoms with Crippen LogP contribution < -0.4 is 5.32 Å². The number of nitrogens with one attached hydrogen (secondary N) is 2. The topological polar surface area (TPSA) is 63.6 Å². The van der Waals surface area contributed by atoms with Gasteiger partial charge in [0.1, 0.15) is 6.10 Å². The molecule has 0 radical (unpaired) electrons. The Morgan fingerprint density at radius 3 is 2.35 bits per heavy atom. The van der Waals surface area contributed by atoms with E-state index in [2.05, 4.69) is 27.9 Å². The molecular formula is C11H21IN2O3. The van der Waals surface area contributed by atoms with Crippen LogP contribution in [-0.2, 0) is 14.2 Å². The Bertz CT molecular complexity index is 231. The maximum atomic E-state index is 7.03. The highest BCUT2D eigenvalue weighted by atomic mass is 127. The van der Waals surface area contributed by atoms with Crippen LogP contribution >= 0.6 is 22.6 Å². The van der Waals surface area contributed by atoms with E-state index in [9.17, 15) is 0 Å². The quantitative estimate of drug-likeness (QED) is 0.357. The minimum atomic E-state index is -0.367. The predicted octanol–water partition coefficient (Wildman–Crippen LogP) is 1.92. The summed E-state index contributed by atoms with van der Waals surface area (Å²) in [5.74, 6) is 0. The Morgan fingerprint density at radius 1 is 1.35 bits per heavy atom. The van der Waals surface area contributed by atoms with Gasteiger partial charge in [-0.15, -0.1) is 0 Å². The van der Waals surface area contributed by atoms with Crippen LogP contribution in [0.1, 0.15) is 13.8 Å². The van der Waals surface area contributed by atoms with Crippen molar-refractivity contribution >= 4 is 28.8 Å². The van der Waals surface area contributed by atoms with Crippen LogP contribution in [0.3, 0.4) is 0 Å². The Labute approximate surface area is 117 Å². The Hall–Kier alpha value is -0.180. The summed E-state index contributed by atoms with van der Waals surface area (Å²) in [6.45, 7) is 5.58. The molecule has 0 aromatic rings. The van der Waals surface area contributed by atoms with Gasteiger partial charge in [0, 0.05) is 42.9 Å². The summed E-state index contributed by atoms with van der Waals surface area (Å²) < 4.78 is 17.1. The molecule has 0 saturated heterocycles. The van der Waals surface area contributed by atoms with Gasteiger partial charge in [-0.25, -0.2) is 0 Å². The van der Waals surface area contributed by atoms with Gasteiger partial charge in [-0.05, 0) is 36.4 Å². The summed E-state index contributed by atoms with van der Waals surface area (Å²) in [5, 5.41) is 10.1. The lowest BCUT2D eigenvalue weighted by molar-refractivity contribution is -0.194. The van der Waals surface area contributed by atoms with E-state index in [1.165, 1.54) is 6.21 Å². The summed E-state index contributed by atoms with van der Waals surface area (Å²) in [6.07, 6.45) is 2.49. The number of rotatable bonds is 10. The molecule has 1 atom stereocenters. The van der Waals surface area contributed by atoms with Crippen molar-refractivity contribution in [2.24, 2.45) is 0 Å². The van der Waals surface area contributed by atoms with Gasteiger partial charge in [-0.2, -0.15) is 0 Å². The molecule has 0 amide bonds.